The number of Topliss-reactive ketones (excluding diaryl/α,β-unsaturated/α-hetero) is 2. The van der Waals surface area contributed by atoms with E-state index in [0.717, 1.165) is 28.5 Å². The zero-order valence-electron chi connectivity index (χ0n) is 64.6. The molecule has 0 radical (unpaired) electrons. The van der Waals surface area contributed by atoms with Gasteiger partial charge in [0, 0.05) is 66.1 Å². The number of carboxylic acid groups (broad SMARTS) is 1. The van der Waals surface area contributed by atoms with Crippen molar-refractivity contribution >= 4 is 121 Å². The number of aliphatic hydroxyl groups is 3. The van der Waals surface area contributed by atoms with Crippen molar-refractivity contribution in [1.29, 1.82) is 0 Å². The number of unbranched alkanes of at least 4 members (excludes halogenated alkanes) is 3. The van der Waals surface area contributed by atoms with Gasteiger partial charge in [0.05, 0.1) is 49.9 Å². The SMILES string of the molecule is CCCCC[C@@H]1CC(=O)[C@H](Cc2c[nH]c3ccccc23)NC(=O)[C@H](Cc2ccccc2)CC(=O)[C@H](Cc2ccccc2)NC(=O)[C@H](CC(N)=O)NC(=O)[C@H](CCCCN)NC(=O)[C@@H](NC(=O)CNC(=O)[C@H](C)N)CSSC[C@@H](C(=O)O)NC(=O)[C@H](CO)NC(=O)[C@H]([C@@H](C)O)NC(=O)[C@H](Cc2ccccc2)NC(=O)[C@H]([C@@H](C)O)NC1=O. The van der Waals surface area contributed by atoms with E-state index >= 15 is 14.4 Å². The molecule has 12 amide bonds. The molecule has 0 bridgehead atoms. The highest BCUT2D eigenvalue weighted by Gasteiger charge is 2.40. The van der Waals surface area contributed by atoms with Crippen molar-refractivity contribution in [3.8, 4) is 0 Å². The van der Waals surface area contributed by atoms with Crippen LogP contribution in [0.25, 0.3) is 10.9 Å². The fourth-order valence-electron chi connectivity index (χ4n) is 12.6. The number of nitrogens with two attached hydrogens (primary N) is 3. The molecule has 6 rings (SSSR count). The molecule has 0 saturated carbocycles. The van der Waals surface area contributed by atoms with Crippen LogP contribution in [0.4, 0.5) is 0 Å². The van der Waals surface area contributed by atoms with Crippen LogP contribution in [-0.4, -0.2) is 224 Å². The van der Waals surface area contributed by atoms with Crippen LogP contribution < -0.4 is 75.7 Å². The number of aromatic nitrogens is 1. The predicted molar refractivity (Wildman–Crippen MR) is 428 cm³/mol. The summed E-state index contributed by atoms with van der Waals surface area (Å²) in [5, 5.41) is 71.3. The van der Waals surface area contributed by atoms with Crippen molar-refractivity contribution in [2.45, 2.75) is 196 Å². The van der Waals surface area contributed by atoms with Gasteiger partial charge < -0.3 is 101 Å². The quantitative estimate of drug-likeness (QED) is 0.0226. The van der Waals surface area contributed by atoms with Crippen LogP contribution in [0.1, 0.15) is 114 Å². The second-order valence-electron chi connectivity index (χ2n) is 28.4. The summed E-state index contributed by atoms with van der Waals surface area (Å²) in [5.41, 5.74) is 20.0. The van der Waals surface area contributed by atoms with E-state index in [4.69, 9.17) is 17.2 Å². The topological polar surface area (TPSA) is 563 Å². The van der Waals surface area contributed by atoms with E-state index < -0.39 is 223 Å². The van der Waals surface area contributed by atoms with E-state index in [-0.39, 0.29) is 51.5 Å². The highest BCUT2D eigenvalue weighted by Crippen LogP contribution is 2.26. The second-order valence-corrected chi connectivity index (χ2v) is 31.0. The number of ketones is 2. The Kier molecular flexibility index (Phi) is 38.8. The molecule has 1 aliphatic heterocycles. The van der Waals surface area contributed by atoms with Gasteiger partial charge in [-0.15, -0.1) is 0 Å². The molecule has 34 nitrogen and oxygen atoms in total. The largest absolute Gasteiger partial charge is 0.480 e. The fraction of sp³-hybridized carbons (Fsp3) is 0.481. The van der Waals surface area contributed by atoms with E-state index in [9.17, 15) is 78.0 Å². The zero-order valence-corrected chi connectivity index (χ0v) is 66.2. The number of aliphatic carboxylic acids is 1. The first-order valence-corrected chi connectivity index (χ1v) is 40.6. The maximum absolute atomic E-state index is 15.5. The van der Waals surface area contributed by atoms with Gasteiger partial charge in [0.25, 0.3) is 0 Å². The first kappa shape index (κ1) is 93.2. The smallest absolute Gasteiger partial charge is 0.327 e. The number of carbonyl (C=O) groups excluding carboxylic acids is 14. The summed E-state index contributed by atoms with van der Waals surface area (Å²) in [4.78, 5) is 217. The van der Waals surface area contributed by atoms with Crippen molar-refractivity contribution in [2.75, 3.05) is 31.2 Å². The summed E-state index contributed by atoms with van der Waals surface area (Å²) < 4.78 is 0. The van der Waals surface area contributed by atoms with E-state index in [1.54, 1.807) is 121 Å². The minimum absolute atomic E-state index is 0.0447. The summed E-state index contributed by atoms with van der Waals surface area (Å²) in [6.45, 7) is 3.75. The van der Waals surface area contributed by atoms with Gasteiger partial charge in [0.1, 0.15) is 48.3 Å². The van der Waals surface area contributed by atoms with Gasteiger partial charge in [-0.3, -0.25) is 67.1 Å². The van der Waals surface area contributed by atoms with Crippen molar-refractivity contribution in [1.82, 2.24) is 63.5 Å². The number of nitrogens with one attached hydrogen (secondary N) is 12. The Morgan fingerprint density at radius 1 is 0.513 bits per heavy atom. The number of carbonyl (C=O) groups is 15. The molecule has 1 aromatic heterocycles. The lowest BCUT2D eigenvalue weighted by atomic mass is 9.87. The number of benzene rings is 4. The first-order chi connectivity index (χ1) is 54.9. The Labute approximate surface area is 673 Å². The van der Waals surface area contributed by atoms with Crippen LogP contribution in [-0.2, 0) is 97.6 Å². The second kappa shape index (κ2) is 47.9. The lowest BCUT2D eigenvalue weighted by Gasteiger charge is -2.29. The lowest BCUT2D eigenvalue weighted by molar-refractivity contribution is -0.142. The number of amides is 12. The van der Waals surface area contributed by atoms with Gasteiger partial charge in [0.15, 0.2) is 11.6 Å². The molecule has 1 saturated heterocycles. The zero-order chi connectivity index (χ0) is 84.3. The van der Waals surface area contributed by atoms with Crippen LogP contribution in [0.3, 0.4) is 0 Å². The molecular weight excluding hydrogens is 1530 g/mol. The highest BCUT2D eigenvalue weighted by atomic mass is 33.1. The van der Waals surface area contributed by atoms with E-state index in [0.29, 0.717) is 58.8 Å². The standard InChI is InChI=1S/C79H107N15O19S2/c1-5-6-10-27-50-36-63(98)57(35-52-39-83-54-29-18-17-28-53(52)54)87-71(104)51(32-47-21-11-7-12-22-47)37-64(99)56(33-48-23-13-8-14-24-48)88-73(106)59(38-65(82)100)89-72(105)55(30-19-20-31-80)86-76(109)61(85-66(101)40-84-69(102)44(2)81)42-114-115-43-62(79(112)113)92-75(108)60(41-95)91-78(111)68(46(4)97)94-74(107)58(34-49-25-15-9-16-26-49)90-77(110)67(45(3)96)93-70(50)103/h7-9,11-18,21-26,28-29,39,44-46,50-51,55-62,67-68,83,95-97H,5-6,10,19-20,27,30-38,40-43,80-81H2,1-4H3,(H2,82,100)(H,84,102)(H,85,101)(H,86,109)(H,87,104)(H,88,106)(H,89,105)(H,90,110)(H,91,111)(H,92,108)(H,93,103)(H,94,107)(H,112,113)/t44-,45+,46+,50+,51+,55-,56-,57-,58-,59-,60-,61-,62-,67-,68-/m0/s1. The molecule has 0 spiro atoms. The number of fused-ring (bicyclic) bond motifs is 1. The summed E-state index contributed by atoms with van der Waals surface area (Å²) >= 11 is 0. The third-order valence-electron chi connectivity index (χ3n) is 19.0. The summed E-state index contributed by atoms with van der Waals surface area (Å²) in [5.74, 6) is -19.1. The number of hydrogen-bond acceptors (Lipinski definition) is 22. The molecule has 1 aliphatic rings. The number of aromatic amines is 1. The number of aliphatic hydroxyl groups excluding tert-OH is 3. The van der Waals surface area contributed by atoms with E-state index in [1.807, 2.05) is 6.92 Å². The van der Waals surface area contributed by atoms with Gasteiger partial charge in [0.2, 0.25) is 70.9 Å². The van der Waals surface area contributed by atoms with Gasteiger partial charge in [-0.1, -0.05) is 157 Å². The number of H-pyrrole nitrogens is 1. The molecule has 115 heavy (non-hydrogen) atoms. The van der Waals surface area contributed by atoms with Gasteiger partial charge in [-0.25, -0.2) is 4.79 Å². The number of para-hydroxylation sites is 1. The van der Waals surface area contributed by atoms with Gasteiger partial charge >= 0.3 is 5.97 Å². The van der Waals surface area contributed by atoms with Crippen molar-refractivity contribution in [3.05, 3.63) is 144 Å². The number of carboxylic acids is 1. The maximum Gasteiger partial charge on any atom is 0.327 e. The number of hydrogen-bond donors (Lipinski definition) is 19. The number of rotatable bonds is 26. The van der Waals surface area contributed by atoms with Crippen molar-refractivity contribution in [3.63, 3.8) is 0 Å². The Morgan fingerprint density at radius 3 is 1.55 bits per heavy atom. The molecule has 36 heteroatoms. The summed E-state index contributed by atoms with van der Waals surface area (Å²) in [6.07, 6.45) is -2.75. The third kappa shape index (κ3) is 30.9. The molecule has 624 valence electrons. The van der Waals surface area contributed by atoms with Crippen molar-refractivity contribution < 1.29 is 92.3 Å². The Hall–Kier alpha value is -10.6. The fourth-order valence-corrected chi connectivity index (χ4v) is 14.9. The maximum atomic E-state index is 15.5. The lowest BCUT2D eigenvalue weighted by Crippen LogP contribution is -2.62. The molecule has 4 aromatic carbocycles. The van der Waals surface area contributed by atoms with E-state index in [2.05, 4.69) is 63.5 Å². The minimum atomic E-state index is -1.97. The van der Waals surface area contributed by atoms with Crippen molar-refractivity contribution in [2.24, 2.45) is 29.0 Å². The Morgan fingerprint density at radius 2 is 0.983 bits per heavy atom. The monoisotopic (exact) mass is 1630 g/mol. The molecule has 2 heterocycles. The molecular formula is C79H107N15O19S2. The van der Waals surface area contributed by atoms with Crippen LogP contribution >= 0.6 is 21.6 Å². The minimum Gasteiger partial charge on any atom is -0.480 e. The predicted octanol–water partition coefficient (Wildman–Crippen LogP) is -1.28. The first-order valence-electron chi connectivity index (χ1n) is 38.1. The van der Waals surface area contributed by atoms with Crippen LogP contribution in [0, 0.1) is 11.8 Å². The molecule has 22 N–H and O–H groups in total. The van der Waals surface area contributed by atoms with Crippen LogP contribution in [0.2, 0.25) is 0 Å². The Bertz CT molecular complexity index is 4120. The van der Waals surface area contributed by atoms with Crippen LogP contribution in [0.5, 0.6) is 0 Å². The summed E-state index contributed by atoms with van der Waals surface area (Å²) in [7, 11) is 1.51. The normalized spacial score (nSPS) is 23.9. The highest BCUT2D eigenvalue weighted by molar-refractivity contribution is 8.76. The van der Waals surface area contributed by atoms with Gasteiger partial charge in [-0.2, -0.15) is 0 Å². The molecule has 0 aliphatic carbocycles. The Balaban J connectivity index is 1.47. The average Bonchev–Trinajstić information content (AvgIpc) is 1.71. The molecule has 1 fully saturated rings. The van der Waals surface area contributed by atoms with E-state index in [1.165, 1.54) is 13.8 Å². The van der Waals surface area contributed by atoms with Crippen LogP contribution in [0.15, 0.2) is 121 Å². The van der Waals surface area contributed by atoms with Gasteiger partial charge in [-0.05, 0) is 94.2 Å². The number of primary amides is 1. The molecule has 0 unspecified atom stereocenters. The third-order valence-corrected chi connectivity index (χ3v) is 21.5. The average molecular weight is 1630 g/mol. The molecule has 15 atom stereocenters. The molecule has 5 aromatic rings. The summed E-state index contributed by atoms with van der Waals surface area (Å²) in [6, 6.07) is 14.0.